The molecule has 10 nitrogen and oxygen atoms in total. The fourth-order valence-electron chi connectivity index (χ4n) is 3.14. The molecule has 2 N–H and O–H groups in total. The van der Waals surface area contributed by atoms with Gasteiger partial charge in [-0.1, -0.05) is 12.1 Å². The van der Waals surface area contributed by atoms with Gasteiger partial charge in [-0.2, -0.15) is 0 Å². The van der Waals surface area contributed by atoms with E-state index in [0.717, 1.165) is 11.3 Å². The Balaban J connectivity index is 1.62. The highest BCUT2D eigenvalue weighted by molar-refractivity contribution is 6.07. The molecule has 0 aliphatic rings. The summed E-state index contributed by atoms with van der Waals surface area (Å²) in [7, 11) is 4.42. The molecule has 2 aromatic carbocycles. The molecule has 3 aromatic rings. The summed E-state index contributed by atoms with van der Waals surface area (Å²) >= 11 is 0. The van der Waals surface area contributed by atoms with Crippen LogP contribution in [0.2, 0.25) is 0 Å². The van der Waals surface area contributed by atoms with Crippen molar-refractivity contribution in [3.63, 3.8) is 0 Å². The van der Waals surface area contributed by atoms with E-state index < -0.39 is 24.4 Å². The van der Waals surface area contributed by atoms with E-state index in [2.05, 4.69) is 10.6 Å². The lowest BCUT2D eigenvalue weighted by Crippen LogP contribution is -2.30. The Hall–Kier alpha value is -4.47. The maximum atomic E-state index is 12.8. The molecule has 2 amide bonds. The first-order chi connectivity index (χ1) is 16.9. The first-order valence-corrected chi connectivity index (χ1v) is 10.6. The van der Waals surface area contributed by atoms with Crippen LogP contribution in [-0.4, -0.2) is 52.3 Å². The summed E-state index contributed by atoms with van der Waals surface area (Å²) in [6, 6.07) is 13.3. The highest BCUT2D eigenvalue weighted by atomic mass is 16.5. The van der Waals surface area contributed by atoms with E-state index in [1.807, 2.05) is 24.3 Å². The summed E-state index contributed by atoms with van der Waals surface area (Å²) in [5.74, 6) is -0.531. The molecule has 0 radical (unpaired) electrons. The van der Waals surface area contributed by atoms with Crippen LogP contribution < -0.4 is 24.8 Å². The molecule has 0 saturated heterocycles. The summed E-state index contributed by atoms with van der Waals surface area (Å²) in [6.45, 7) is -0.134. The van der Waals surface area contributed by atoms with E-state index in [1.165, 1.54) is 38.7 Å². The second-order valence-electron chi connectivity index (χ2n) is 7.21. The first kappa shape index (κ1) is 25.2. The van der Waals surface area contributed by atoms with E-state index >= 15 is 0 Å². The number of nitrogens with one attached hydrogen (secondary N) is 2. The van der Waals surface area contributed by atoms with Crippen molar-refractivity contribution in [3.8, 4) is 17.2 Å². The smallest absolute Gasteiger partial charge is 0.340 e. The number of ether oxygens (including phenoxy) is 4. The lowest BCUT2D eigenvalue weighted by Gasteiger charge is -2.15. The summed E-state index contributed by atoms with van der Waals surface area (Å²) < 4.78 is 25.9. The minimum atomic E-state index is -0.828. The van der Waals surface area contributed by atoms with Gasteiger partial charge in [0, 0.05) is 18.7 Å². The van der Waals surface area contributed by atoms with Gasteiger partial charge in [-0.3, -0.25) is 9.59 Å². The van der Waals surface area contributed by atoms with Gasteiger partial charge in [-0.15, -0.1) is 0 Å². The lowest BCUT2D eigenvalue weighted by atomic mass is 10.1. The first-order valence-electron chi connectivity index (χ1n) is 10.6. The van der Waals surface area contributed by atoms with Gasteiger partial charge in [0.15, 0.2) is 23.9 Å². The average molecular weight is 482 g/mol. The van der Waals surface area contributed by atoms with E-state index in [-0.39, 0.29) is 28.5 Å². The van der Waals surface area contributed by atoms with Gasteiger partial charge in [0.25, 0.3) is 11.8 Å². The number of anilines is 1. The molecular formula is C25H26N2O8. The highest BCUT2D eigenvalue weighted by Gasteiger charge is 2.21. The Morgan fingerprint density at radius 1 is 0.914 bits per heavy atom. The SMILES string of the molecule is COc1ccc(CCNC(=O)COC(=O)c2cc(OC)c(OC)cc2NC(=O)c2ccco2)cc1. The van der Waals surface area contributed by atoms with Crippen molar-refractivity contribution in [2.24, 2.45) is 0 Å². The van der Waals surface area contributed by atoms with Crippen LogP contribution in [0.5, 0.6) is 17.2 Å². The molecule has 35 heavy (non-hydrogen) atoms. The molecule has 0 atom stereocenters. The number of amides is 2. The molecule has 1 heterocycles. The maximum absolute atomic E-state index is 12.8. The van der Waals surface area contributed by atoms with Gasteiger partial charge in [-0.25, -0.2) is 4.79 Å². The predicted octanol–water partition coefficient (Wildman–Crippen LogP) is 3.07. The molecule has 3 rings (SSSR count). The van der Waals surface area contributed by atoms with Crippen LogP contribution in [0.1, 0.15) is 26.5 Å². The largest absolute Gasteiger partial charge is 0.497 e. The molecule has 1 aromatic heterocycles. The summed E-state index contributed by atoms with van der Waals surface area (Å²) in [5.41, 5.74) is 1.10. The number of benzene rings is 2. The number of esters is 1. The predicted molar refractivity (Wildman–Crippen MR) is 126 cm³/mol. The lowest BCUT2D eigenvalue weighted by molar-refractivity contribution is -0.124. The molecule has 0 spiro atoms. The summed E-state index contributed by atoms with van der Waals surface area (Å²) in [6.07, 6.45) is 1.95. The quantitative estimate of drug-likeness (QED) is 0.400. The van der Waals surface area contributed by atoms with Crippen molar-refractivity contribution in [2.75, 3.05) is 39.8 Å². The minimum Gasteiger partial charge on any atom is -0.497 e. The van der Waals surface area contributed by atoms with Crippen molar-refractivity contribution in [1.82, 2.24) is 5.32 Å². The molecule has 0 bridgehead atoms. The number of methoxy groups -OCH3 is 3. The Bertz CT molecular complexity index is 1160. The van der Waals surface area contributed by atoms with Crippen LogP contribution in [0, 0.1) is 0 Å². The Morgan fingerprint density at radius 2 is 1.63 bits per heavy atom. The molecule has 0 saturated carbocycles. The van der Waals surface area contributed by atoms with Crippen LogP contribution in [-0.2, 0) is 16.0 Å². The van der Waals surface area contributed by atoms with Crippen LogP contribution in [0.15, 0.2) is 59.2 Å². The third-order valence-electron chi connectivity index (χ3n) is 4.97. The van der Waals surface area contributed by atoms with Crippen molar-refractivity contribution in [2.45, 2.75) is 6.42 Å². The van der Waals surface area contributed by atoms with Gasteiger partial charge in [-0.05, 0) is 36.2 Å². The Morgan fingerprint density at radius 3 is 2.26 bits per heavy atom. The number of hydrogen-bond acceptors (Lipinski definition) is 8. The van der Waals surface area contributed by atoms with Gasteiger partial charge in [0.05, 0.1) is 38.8 Å². The number of carbonyl (C=O) groups is 3. The van der Waals surface area contributed by atoms with Crippen LogP contribution in [0.3, 0.4) is 0 Å². The minimum absolute atomic E-state index is 0.0198. The summed E-state index contributed by atoms with van der Waals surface area (Å²) in [5, 5.41) is 5.29. The normalized spacial score (nSPS) is 10.3. The number of furan rings is 1. The van der Waals surface area contributed by atoms with E-state index in [4.69, 9.17) is 23.4 Å². The standard InChI is InChI=1S/C25H26N2O8/c1-31-17-8-6-16(7-9-17)10-11-26-23(28)15-35-25(30)18-13-21(32-2)22(33-3)14-19(18)27-24(29)20-5-4-12-34-20/h4-9,12-14H,10-11,15H2,1-3H3,(H,26,28)(H,27,29). The molecule has 0 aliphatic carbocycles. The third kappa shape index (κ3) is 6.76. The molecule has 0 fully saturated rings. The van der Waals surface area contributed by atoms with E-state index in [1.54, 1.807) is 13.2 Å². The van der Waals surface area contributed by atoms with Crippen LogP contribution >= 0.6 is 0 Å². The van der Waals surface area contributed by atoms with E-state index in [0.29, 0.717) is 13.0 Å². The maximum Gasteiger partial charge on any atom is 0.340 e. The topological polar surface area (TPSA) is 125 Å². The molecule has 10 heteroatoms. The second-order valence-corrected chi connectivity index (χ2v) is 7.21. The van der Waals surface area contributed by atoms with Crippen molar-refractivity contribution >= 4 is 23.5 Å². The fourth-order valence-corrected chi connectivity index (χ4v) is 3.14. The number of carbonyl (C=O) groups excluding carboxylic acids is 3. The van der Waals surface area contributed by atoms with Crippen LogP contribution in [0.25, 0.3) is 0 Å². The fraction of sp³-hybridized carbons (Fsp3) is 0.240. The zero-order valence-electron chi connectivity index (χ0n) is 19.6. The Kier molecular flexibility index (Phi) is 8.71. The van der Waals surface area contributed by atoms with Crippen LogP contribution in [0.4, 0.5) is 5.69 Å². The number of hydrogen-bond donors (Lipinski definition) is 2. The molecule has 0 aliphatic heterocycles. The zero-order valence-corrected chi connectivity index (χ0v) is 19.6. The van der Waals surface area contributed by atoms with E-state index in [9.17, 15) is 14.4 Å². The summed E-state index contributed by atoms with van der Waals surface area (Å²) in [4.78, 5) is 37.4. The second kappa shape index (κ2) is 12.1. The van der Waals surface area contributed by atoms with Gasteiger partial charge in [0.1, 0.15) is 5.75 Å². The van der Waals surface area contributed by atoms with Gasteiger partial charge < -0.3 is 34.0 Å². The van der Waals surface area contributed by atoms with Gasteiger partial charge >= 0.3 is 5.97 Å². The zero-order chi connectivity index (χ0) is 25.2. The van der Waals surface area contributed by atoms with Crippen molar-refractivity contribution < 1.29 is 37.7 Å². The molecule has 184 valence electrons. The van der Waals surface area contributed by atoms with Gasteiger partial charge in [0.2, 0.25) is 0 Å². The number of rotatable bonds is 11. The average Bonchev–Trinajstić information content (AvgIpc) is 3.42. The van der Waals surface area contributed by atoms with Crippen molar-refractivity contribution in [1.29, 1.82) is 0 Å². The molecule has 0 unspecified atom stereocenters. The third-order valence-corrected chi connectivity index (χ3v) is 4.97. The molecular weight excluding hydrogens is 456 g/mol. The monoisotopic (exact) mass is 482 g/mol. The van der Waals surface area contributed by atoms with Crippen molar-refractivity contribution in [3.05, 3.63) is 71.7 Å². The Labute approximate surface area is 202 Å². The highest BCUT2D eigenvalue weighted by Crippen LogP contribution is 2.34.